The third kappa shape index (κ3) is 4.68. The van der Waals surface area contributed by atoms with Crippen molar-refractivity contribution in [3.8, 4) is 0 Å². The minimum absolute atomic E-state index is 0.870. The summed E-state index contributed by atoms with van der Waals surface area (Å²) in [6.07, 6.45) is 11.5. The van der Waals surface area contributed by atoms with E-state index in [-0.39, 0.29) is 0 Å². The molecule has 1 aromatic rings. The Morgan fingerprint density at radius 3 is 2.39 bits per heavy atom. The Kier molecular flexibility index (Phi) is 6.13. The molecule has 0 heterocycles. The normalized spacial score (nSPS) is 24.1. The standard InChI is InChI=1S/C17H26S/c1-2-3-5-8-15-11-13-17(14-12-15)18-16-9-6-4-7-10-16/h4,6-7,9-10,15,17H,2-3,5,8,11-14H2,1H3. The molecule has 0 unspecified atom stereocenters. The van der Waals surface area contributed by atoms with E-state index < -0.39 is 0 Å². The highest BCUT2D eigenvalue weighted by Crippen LogP contribution is 2.37. The van der Waals surface area contributed by atoms with Crippen molar-refractivity contribution in [3.05, 3.63) is 30.3 Å². The van der Waals surface area contributed by atoms with Gasteiger partial charge < -0.3 is 0 Å². The molecular weight excluding hydrogens is 236 g/mol. The highest BCUT2D eigenvalue weighted by atomic mass is 32.2. The highest BCUT2D eigenvalue weighted by molar-refractivity contribution is 8.00. The molecule has 1 saturated carbocycles. The van der Waals surface area contributed by atoms with Crippen LogP contribution < -0.4 is 0 Å². The summed E-state index contributed by atoms with van der Waals surface area (Å²) in [5.41, 5.74) is 0. The van der Waals surface area contributed by atoms with Gasteiger partial charge in [0.05, 0.1) is 0 Å². The molecule has 0 amide bonds. The van der Waals surface area contributed by atoms with Crippen LogP contribution in [0.4, 0.5) is 0 Å². The van der Waals surface area contributed by atoms with Crippen molar-refractivity contribution in [1.29, 1.82) is 0 Å². The lowest BCUT2D eigenvalue weighted by molar-refractivity contribution is 0.335. The van der Waals surface area contributed by atoms with E-state index in [0.717, 1.165) is 11.2 Å². The topological polar surface area (TPSA) is 0 Å². The van der Waals surface area contributed by atoms with Crippen LogP contribution in [-0.2, 0) is 0 Å². The van der Waals surface area contributed by atoms with E-state index in [9.17, 15) is 0 Å². The monoisotopic (exact) mass is 262 g/mol. The second-order valence-corrected chi connectivity index (χ2v) is 6.94. The molecule has 0 radical (unpaired) electrons. The third-order valence-electron chi connectivity index (χ3n) is 4.06. The summed E-state index contributed by atoms with van der Waals surface area (Å²) in [6.45, 7) is 2.30. The van der Waals surface area contributed by atoms with E-state index in [1.807, 2.05) is 0 Å². The zero-order valence-electron chi connectivity index (χ0n) is 11.6. The predicted molar refractivity (Wildman–Crippen MR) is 82.2 cm³/mol. The van der Waals surface area contributed by atoms with Crippen molar-refractivity contribution in [2.24, 2.45) is 5.92 Å². The van der Waals surface area contributed by atoms with Crippen molar-refractivity contribution in [3.63, 3.8) is 0 Å². The Balaban J connectivity index is 1.67. The van der Waals surface area contributed by atoms with Gasteiger partial charge in [0.15, 0.2) is 0 Å². The van der Waals surface area contributed by atoms with Crippen molar-refractivity contribution < 1.29 is 0 Å². The second-order valence-electron chi connectivity index (χ2n) is 5.57. The number of hydrogen-bond donors (Lipinski definition) is 0. The van der Waals surface area contributed by atoms with Crippen LogP contribution in [0.15, 0.2) is 35.2 Å². The summed E-state index contributed by atoms with van der Waals surface area (Å²) in [5, 5.41) is 0.870. The summed E-state index contributed by atoms with van der Waals surface area (Å²) in [6, 6.07) is 10.9. The van der Waals surface area contributed by atoms with E-state index in [0.29, 0.717) is 0 Å². The quantitative estimate of drug-likeness (QED) is 0.574. The lowest BCUT2D eigenvalue weighted by atomic mass is 9.85. The Morgan fingerprint density at radius 1 is 1.00 bits per heavy atom. The van der Waals surface area contributed by atoms with Crippen molar-refractivity contribution in [2.45, 2.75) is 68.4 Å². The average molecular weight is 262 g/mol. The highest BCUT2D eigenvalue weighted by Gasteiger charge is 2.21. The molecule has 1 fully saturated rings. The molecule has 0 saturated heterocycles. The van der Waals surface area contributed by atoms with E-state index in [1.165, 1.54) is 56.3 Å². The summed E-state index contributed by atoms with van der Waals surface area (Å²) in [7, 11) is 0. The minimum atomic E-state index is 0.870. The molecule has 1 aliphatic carbocycles. The lowest BCUT2D eigenvalue weighted by Gasteiger charge is -2.28. The first-order valence-corrected chi connectivity index (χ1v) is 8.48. The van der Waals surface area contributed by atoms with Gasteiger partial charge in [-0.15, -0.1) is 11.8 Å². The van der Waals surface area contributed by atoms with Gasteiger partial charge in [-0.05, 0) is 43.7 Å². The number of thioether (sulfide) groups is 1. The van der Waals surface area contributed by atoms with Crippen LogP contribution in [0.5, 0.6) is 0 Å². The zero-order chi connectivity index (χ0) is 12.6. The smallest absolute Gasteiger partial charge is 0.00946 e. The molecule has 100 valence electrons. The average Bonchev–Trinajstić information content (AvgIpc) is 2.42. The van der Waals surface area contributed by atoms with E-state index in [4.69, 9.17) is 0 Å². The van der Waals surface area contributed by atoms with Gasteiger partial charge in [0.2, 0.25) is 0 Å². The maximum Gasteiger partial charge on any atom is 0.00946 e. The molecule has 2 rings (SSSR count). The summed E-state index contributed by atoms with van der Waals surface area (Å²) >= 11 is 2.09. The van der Waals surface area contributed by atoms with Gasteiger partial charge in [-0.2, -0.15) is 0 Å². The number of hydrogen-bond acceptors (Lipinski definition) is 1. The van der Waals surface area contributed by atoms with Crippen LogP contribution in [0.2, 0.25) is 0 Å². The van der Waals surface area contributed by atoms with Gasteiger partial charge in [0, 0.05) is 10.1 Å². The molecule has 0 atom stereocenters. The van der Waals surface area contributed by atoms with E-state index in [2.05, 4.69) is 49.0 Å². The van der Waals surface area contributed by atoms with E-state index in [1.54, 1.807) is 0 Å². The van der Waals surface area contributed by atoms with Gasteiger partial charge in [-0.3, -0.25) is 0 Å². The molecule has 1 aliphatic rings. The summed E-state index contributed by atoms with van der Waals surface area (Å²) in [5.74, 6) is 1.03. The van der Waals surface area contributed by atoms with Crippen molar-refractivity contribution >= 4 is 11.8 Å². The SMILES string of the molecule is CCCCCC1CCC(Sc2ccccc2)CC1. The zero-order valence-corrected chi connectivity index (χ0v) is 12.4. The van der Waals surface area contributed by atoms with Crippen LogP contribution in [0, 0.1) is 5.92 Å². The van der Waals surface area contributed by atoms with Crippen molar-refractivity contribution in [2.75, 3.05) is 0 Å². The van der Waals surface area contributed by atoms with Gasteiger partial charge >= 0.3 is 0 Å². The predicted octanol–water partition coefficient (Wildman–Crippen LogP) is 5.92. The maximum absolute atomic E-state index is 2.30. The maximum atomic E-state index is 2.30. The molecule has 1 aromatic carbocycles. The van der Waals surface area contributed by atoms with Crippen LogP contribution in [0.25, 0.3) is 0 Å². The second kappa shape index (κ2) is 7.89. The third-order valence-corrected chi connectivity index (χ3v) is 5.40. The molecule has 0 aromatic heterocycles. The number of benzene rings is 1. The molecule has 18 heavy (non-hydrogen) atoms. The van der Waals surface area contributed by atoms with Gasteiger partial charge in [0.1, 0.15) is 0 Å². The van der Waals surface area contributed by atoms with Crippen LogP contribution in [-0.4, -0.2) is 5.25 Å². The summed E-state index contributed by atoms with van der Waals surface area (Å²) in [4.78, 5) is 1.45. The minimum Gasteiger partial charge on any atom is -0.123 e. The Hall–Kier alpha value is -0.430. The fourth-order valence-electron chi connectivity index (χ4n) is 2.91. The first kappa shape index (κ1) is 14.0. The summed E-state index contributed by atoms with van der Waals surface area (Å²) < 4.78 is 0. The van der Waals surface area contributed by atoms with Gasteiger partial charge in [0.25, 0.3) is 0 Å². The number of rotatable bonds is 6. The first-order valence-electron chi connectivity index (χ1n) is 7.60. The number of unbranched alkanes of at least 4 members (excludes halogenated alkanes) is 2. The first-order chi connectivity index (χ1) is 8.88. The van der Waals surface area contributed by atoms with Crippen LogP contribution >= 0.6 is 11.8 Å². The Morgan fingerprint density at radius 2 is 1.72 bits per heavy atom. The molecule has 0 spiro atoms. The van der Waals surface area contributed by atoms with Crippen molar-refractivity contribution in [1.82, 2.24) is 0 Å². The molecule has 0 nitrogen and oxygen atoms in total. The van der Waals surface area contributed by atoms with Gasteiger partial charge in [-0.1, -0.05) is 50.8 Å². The molecule has 0 bridgehead atoms. The van der Waals surface area contributed by atoms with Crippen LogP contribution in [0.1, 0.15) is 58.3 Å². The molecule has 1 heteroatoms. The molecule has 0 N–H and O–H groups in total. The van der Waals surface area contributed by atoms with Crippen LogP contribution in [0.3, 0.4) is 0 Å². The van der Waals surface area contributed by atoms with Gasteiger partial charge in [-0.25, -0.2) is 0 Å². The molecular formula is C17H26S. The molecule has 0 aliphatic heterocycles. The fraction of sp³-hybridized carbons (Fsp3) is 0.647. The van der Waals surface area contributed by atoms with E-state index >= 15 is 0 Å². The Labute approximate surface area is 117 Å². The Bertz CT molecular complexity index is 312. The lowest BCUT2D eigenvalue weighted by Crippen LogP contribution is -2.16. The largest absolute Gasteiger partial charge is 0.123 e. The fourth-order valence-corrected chi connectivity index (χ4v) is 4.12.